The summed E-state index contributed by atoms with van der Waals surface area (Å²) in [7, 11) is 0. The Labute approximate surface area is 67.1 Å². The monoisotopic (exact) mass is 155 g/mol. The third kappa shape index (κ3) is 4.51. The van der Waals surface area contributed by atoms with Crippen molar-refractivity contribution in [2.24, 2.45) is 5.73 Å². The smallest absolute Gasteiger partial charge is 0.0996 e. The van der Waals surface area contributed by atoms with Gasteiger partial charge in [0.2, 0.25) is 0 Å². The molecule has 0 fully saturated rings. The lowest BCUT2D eigenvalue weighted by atomic mass is 10.2. The van der Waals surface area contributed by atoms with Gasteiger partial charge in [0.05, 0.1) is 5.83 Å². The van der Waals surface area contributed by atoms with E-state index in [2.05, 4.69) is 6.58 Å². The second-order valence-corrected chi connectivity index (χ2v) is 2.12. The largest absolute Gasteiger partial charge is 0.326 e. The molecule has 0 aliphatic rings. The first-order valence-electron chi connectivity index (χ1n) is 3.62. The third-order valence-electron chi connectivity index (χ3n) is 1.31. The van der Waals surface area contributed by atoms with Crippen molar-refractivity contribution in [1.29, 1.82) is 0 Å². The highest BCUT2D eigenvalue weighted by atomic mass is 19.1. The van der Waals surface area contributed by atoms with Crippen LogP contribution in [0.4, 0.5) is 4.39 Å². The maximum Gasteiger partial charge on any atom is 0.0996 e. The summed E-state index contributed by atoms with van der Waals surface area (Å²) in [6, 6.07) is 0. The molecule has 0 radical (unpaired) electrons. The molecule has 0 aromatic carbocycles. The topological polar surface area (TPSA) is 26.0 Å². The van der Waals surface area contributed by atoms with Crippen LogP contribution in [0, 0.1) is 0 Å². The molecule has 0 unspecified atom stereocenters. The fourth-order valence-corrected chi connectivity index (χ4v) is 0.535. The summed E-state index contributed by atoms with van der Waals surface area (Å²) in [5.41, 5.74) is 6.16. The van der Waals surface area contributed by atoms with Crippen LogP contribution in [0.3, 0.4) is 0 Å². The van der Waals surface area contributed by atoms with E-state index < -0.39 is 0 Å². The lowest BCUT2D eigenvalue weighted by molar-refractivity contribution is 0.604. The SMILES string of the molecule is C=C/C(=C\C=C(\F)CC)CN. The summed E-state index contributed by atoms with van der Waals surface area (Å²) in [5, 5.41) is 0. The molecule has 0 saturated heterocycles. The first-order valence-corrected chi connectivity index (χ1v) is 3.62. The number of halogens is 1. The highest BCUT2D eigenvalue weighted by Gasteiger charge is 1.87. The predicted molar refractivity (Wildman–Crippen MR) is 46.8 cm³/mol. The highest BCUT2D eigenvalue weighted by molar-refractivity contribution is 5.23. The molecule has 0 aliphatic carbocycles. The molecule has 2 heteroatoms. The quantitative estimate of drug-likeness (QED) is 0.619. The first-order chi connectivity index (χ1) is 5.24. The van der Waals surface area contributed by atoms with E-state index in [1.54, 1.807) is 19.1 Å². The molecule has 0 aromatic rings. The Kier molecular flexibility index (Phi) is 5.39. The molecule has 11 heavy (non-hydrogen) atoms. The molecule has 0 amide bonds. The summed E-state index contributed by atoms with van der Waals surface area (Å²) >= 11 is 0. The van der Waals surface area contributed by atoms with Crippen molar-refractivity contribution in [3.05, 3.63) is 36.2 Å². The van der Waals surface area contributed by atoms with Crippen molar-refractivity contribution in [2.45, 2.75) is 13.3 Å². The van der Waals surface area contributed by atoms with Gasteiger partial charge < -0.3 is 5.73 Å². The maximum absolute atomic E-state index is 12.5. The highest BCUT2D eigenvalue weighted by Crippen LogP contribution is 2.03. The van der Waals surface area contributed by atoms with Crippen molar-refractivity contribution < 1.29 is 4.39 Å². The number of hydrogen-bond donors (Lipinski definition) is 1. The van der Waals surface area contributed by atoms with Gasteiger partial charge in [-0.3, -0.25) is 0 Å². The molecule has 1 nitrogen and oxygen atoms in total. The zero-order valence-electron chi connectivity index (χ0n) is 6.81. The van der Waals surface area contributed by atoms with Crippen LogP contribution >= 0.6 is 0 Å². The average molecular weight is 155 g/mol. The van der Waals surface area contributed by atoms with Gasteiger partial charge in [-0.1, -0.05) is 25.7 Å². The van der Waals surface area contributed by atoms with Crippen LogP contribution < -0.4 is 5.73 Å². The van der Waals surface area contributed by atoms with Crippen LogP contribution in [0.15, 0.2) is 36.2 Å². The maximum atomic E-state index is 12.5. The Morgan fingerprint density at radius 3 is 2.55 bits per heavy atom. The first kappa shape index (κ1) is 10.1. The van der Waals surface area contributed by atoms with Crippen LogP contribution in [0.5, 0.6) is 0 Å². The minimum atomic E-state index is -0.141. The van der Waals surface area contributed by atoms with Gasteiger partial charge in [0.15, 0.2) is 0 Å². The molecule has 0 aromatic heterocycles. The van der Waals surface area contributed by atoms with Gasteiger partial charge in [0, 0.05) is 6.54 Å². The lowest BCUT2D eigenvalue weighted by Gasteiger charge is -1.92. The predicted octanol–water partition coefficient (Wildman–Crippen LogP) is 2.32. The summed E-state index contributed by atoms with van der Waals surface area (Å²) < 4.78 is 12.5. The van der Waals surface area contributed by atoms with E-state index in [0.29, 0.717) is 13.0 Å². The van der Waals surface area contributed by atoms with Gasteiger partial charge >= 0.3 is 0 Å². The van der Waals surface area contributed by atoms with Gasteiger partial charge in [0.1, 0.15) is 0 Å². The van der Waals surface area contributed by atoms with Crippen molar-refractivity contribution in [3.63, 3.8) is 0 Å². The van der Waals surface area contributed by atoms with E-state index in [0.717, 1.165) is 5.57 Å². The molecule has 0 spiro atoms. The van der Waals surface area contributed by atoms with Crippen LogP contribution in [0.2, 0.25) is 0 Å². The number of nitrogens with two attached hydrogens (primary N) is 1. The Balaban J connectivity index is 4.17. The number of allylic oxidation sites excluding steroid dienone is 3. The number of rotatable bonds is 4. The normalized spacial score (nSPS) is 13.4. The Bertz CT molecular complexity index is 180. The third-order valence-corrected chi connectivity index (χ3v) is 1.31. The molecule has 0 heterocycles. The van der Waals surface area contributed by atoms with E-state index in [1.807, 2.05) is 0 Å². The van der Waals surface area contributed by atoms with Gasteiger partial charge in [-0.25, -0.2) is 4.39 Å². The minimum Gasteiger partial charge on any atom is -0.326 e. The molecule has 2 N–H and O–H groups in total. The van der Waals surface area contributed by atoms with Crippen LogP contribution in [-0.2, 0) is 0 Å². The molecule has 0 saturated carbocycles. The summed E-state index contributed by atoms with van der Waals surface area (Å²) in [6.45, 7) is 5.70. The molecular weight excluding hydrogens is 141 g/mol. The molecular formula is C9H14FN. The summed E-state index contributed by atoms with van der Waals surface area (Å²) in [6.07, 6.45) is 5.11. The van der Waals surface area contributed by atoms with E-state index in [4.69, 9.17) is 5.73 Å². The number of hydrogen-bond acceptors (Lipinski definition) is 1. The van der Waals surface area contributed by atoms with Crippen molar-refractivity contribution in [3.8, 4) is 0 Å². The van der Waals surface area contributed by atoms with Gasteiger partial charge in [0.25, 0.3) is 0 Å². The Hall–Kier alpha value is -0.890. The standard InChI is InChI=1S/C9H14FN/c1-3-8(7-11)5-6-9(10)4-2/h3,5-6H,1,4,7,11H2,2H3/b8-5+,9-6+. The second kappa shape index (κ2) is 5.86. The van der Waals surface area contributed by atoms with E-state index in [1.165, 1.54) is 6.08 Å². The molecule has 0 atom stereocenters. The molecule has 0 bridgehead atoms. The molecule has 0 aliphatic heterocycles. The van der Waals surface area contributed by atoms with Crippen LogP contribution in [-0.4, -0.2) is 6.54 Å². The Morgan fingerprint density at radius 1 is 1.55 bits per heavy atom. The molecule has 0 rings (SSSR count). The summed E-state index contributed by atoms with van der Waals surface area (Å²) in [4.78, 5) is 0. The minimum absolute atomic E-state index is 0.141. The zero-order chi connectivity index (χ0) is 8.69. The van der Waals surface area contributed by atoms with E-state index in [-0.39, 0.29) is 5.83 Å². The van der Waals surface area contributed by atoms with Crippen molar-refractivity contribution in [1.82, 2.24) is 0 Å². The van der Waals surface area contributed by atoms with Crippen molar-refractivity contribution >= 4 is 0 Å². The fraction of sp³-hybridized carbons (Fsp3) is 0.333. The van der Waals surface area contributed by atoms with Gasteiger partial charge in [-0.2, -0.15) is 0 Å². The van der Waals surface area contributed by atoms with Crippen molar-refractivity contribution in [2.75, 3.05) is 6.54 Å². The second-order valence-electron chi connectivity index (χ2n) is 2.12. The Morgan fingerprint density at radius 2 is 2.18 bits per heavy atom. The van der Waals surface area contributed by atoms with Gasteiger partial charge in [-0.15, -0.1) is 0 Å². The van der Waals surface area contributed by atoms with Crippen LogP contribution in [0.25, 0.3) is 0 Å². The zero-order valence-corrected chi connectivity index (χ0v) is 6.81. The van der Waals surface area contributed by atoms with E-state index in [9.17, 15) is 4.39 Å². The fourth-order valence-electron chi connectivity index (χ4n) is 0.535. The van der Waals surface area contributed by atoms with Gasteiger partial charge in [-0.05, 0) is 18.1 Å². The lowest BCUT2D eigenvalue weighted by Crippen LogP contribution is -1.99. The summed E-state index contributed by atoms with van der Waals surface area (Å²) in [5.74, 6) is -0.141. The van der Waals surface area contributed by atoms with Crippen LogP contribution in [0.1, 0.15) is 13.3 Å². The molecule has 62 valence electrons. The van der Waals surface area contributed by atoms with E-state index >= 15 is 0 Å². The average Bonchev–Trinajstić information content (AvgIpc) is 2.06.